The summed E-state index contributed by atoms with van der Waals surface area (Å²) in [6, 6.07) is 0. The van der Waals surface area contributed by atoms with Gasteiger partial charge in [0.25, 0.3) is 0 Å². The van der Waals surface area contributed by atoms with Gasteiger partial charge >= 0.3 is 5.97 Å². The van der Waals surface area contributed by atoms with Gasteiger partial charge in [0.2, 0.25) is 0 Å². The molecule has 0 bridgehead atoms. The molecule has 0 rings (SSSR count). The maximum atomic E-state index is 11.5. The first-order valence-electron chi connectivity index (χ1n) is 6.62. The summed E-state index contributed by atoms with van der Waals surface area (Å²) in [5, 5.41) is 0. The normalized spacial score (nSPS) is 10.8. The van der Waals surface area contributed by atoms with Gasteiger partial charge < -0.3 is 4.74 Å². The van der Waals surface area contributed by atoms with E-state index in [2.05, 4.69) is 18.7 Å². The molecule has 0 saturated carbocycles. The van der Waals surface area contributed by atoms with Crippen LogP contribution < -0.4 is 0 Å². The quantitative estimate of drug-likeness (QED) is 0.539. The van der Waals surface area contributed by atoms with Gasteiger partial charge in [0, 0.05) is 0 Å². The molecule has 0 spiro atoms. The summed E-state index contributed by atoms with van der Waals surface area (Å²) in [6.45, 7) is 9.39. The number of hydrogen-bond donors (Lipinski definition) is 0. The molecule has 0 aliphatic carbocycles. The summed E-state index contributed by atoms with van der Waals surface area (Å²) >= 11 is 0. The van der Waals surface area contributed by atoms with Crippen LogP contribution >= 0.6 is 0 Å². The molecule has 0 heterocycles. The molecule has 0 aromatic rings. The highest BCUT2D eigenvalue weighted by atomic mass is 16.5. The zero-order valence-corrected chi connectivity index (χ0v) is 11.1. The molecule has 3 nitrogen and oxygen atoms in total. The molecular weight excluding hydrogens is 202 g/mol. The molecule has 0 fully saturated rings. The Morgan fingerprint density at radius 1 is 1.00 bits per heavy atom. The van der Waals surface area contributed by atoms with Crippen molar-refractivity contribution in [2.24, 2.45) is 0 Å². The van der Waals surface area contributed by atoms with Crippen LogP contribution in [0.1, 0.15) is 52.9 Å². The van der Waals surface area contributed by atoms with Gasteiger partial charge in [-0.2, -0.15) is 0 Å². The van der Waals surface area contributed by atoms with Crippen molar-refractivity contribution >= 4 is 5.97 Å². The molecule has 0 saturated heterocycles. The Morgan fingerprint density at radius 2 is 1.56 bits per heavy atom. The number of carbonyl (C=O) groups is 1. The van der Waals surface area contributed by atoms with Crippen LogP contribution in [0, 0.1) is 0 Å². The Hall–Kier alpha value is -0.570. The lowest BCUT2D eigenvalue weighted by Gasteiger charge is -2.20. The number of rotatable bonds is 10. The largest absolute Gasteiger partial charge is 0.465 e. The highest BCUT2D eigenvalue weighted by molar-refractivity contribution is 5.71. The van der Waals surface area contributed by atoms with Gasteiger partial charge in [-0.1, -0.05) is 33.6 Å². The SMILES string of the molecule is CCCCN(CCCC)CC(=O)OCCC. The second kappa shape index (κ2) is 10.9. The second-order valence-electron chi connectivity index (χ2n) is 4.20. The van der Waals surface area contributed by atoms with E-state index >= 15 is 0 Å². The zero-order valence-electron chi connectivity index (χ0n) is 11.1. The predicted octanol–water partition coefficient (Wildman–Crippen LogP) is 2.84. The van der Waals surface area contributed by atoms with Crippen LogP contribution in [0.2, 0.25) is 0 Å². The molecule has 0 radical (unpaired) electrons. The molecule has 0 aliphatic rings. The van der Waals surface area contributed by atoms with E-state index in [0.717, 1.165) is 32.4 Å². The third kappa shape index (κ3) is 8.72. The minimum Gasteiger partial charge on any atom is -0.465 e. The summed E-state index contributed by atoms with van der Waals surface area (Å²) in [5.41, 5.74) is 0. The minimum absolute atomic E-state index is 0.0749. The summed E-state index contributed by atoms with van der Waals surface area (Å²) in [4.78, 5) is 13.7. The van der Waals surface area contributed by atoms with E-state index in [1.54, 1.807) is 0 Å². The van der Waals surface area contributed by atoms with E-state index in [1.807, 2.05) is 6.92 Å². The highest BCUT2D eigenvalue weighted by Crippen LogP contribution is 1.99. The monoisotopic (exact) mass is 229 g/mol. The average Bonchev–Trinajstić information content (AvgIpc) is 2.30. The van der Waals surface area contributed by atoms with E-state index < -0.39 is 0 Å². The lowest BCUT2D eigenvalue weighted by atomic mass is 10.2. The van der Waals surface area contributed by atoms with Gasteiger partial charge in [-0.3, -0.25) is 9.69 Å². The maximum Gasteiger partial charge on any atom is 0.320 e. The Morgan fingerprint density at radius 3 is 2.00 bits per heavy atom. The van der Waals surface area contributed by atoms with Crippen LogP contribution in [-0.2, 0) is 9.53 Å². The van der Waals surface area contributed by atoms with E-state index in [9.17, 15) is 4.79 Å². The van der Waals surface area contributed by atoms with Crippen molar-refractivity contribution in [2.45, 2.75) is 52.9 Å². The van der Waals surface area contributed by atoms with E-state index in [4.69, 9.17) is 4.74 Å². The summed E-state index contributed by atoms with van der Waals surface area (Å²) in [6.07, 6.45) is 5.56. The standard InChI is InChI=1S/C13H27NO2/c1-4-7-9-14(10-8-5-2)12-13(15)16-11-6-3/h4-12H2,1-3H3. The first-order chi connectivity index (χ1) is 7.74. The molecule has 0 aliphatic heterocycles. The molecule has 0 N–H and O–H groups in total. The Labute approximate surface area is 100 Å². The van der Waals surface area contributed by atoms with Gasteiger partial charge in [0.05, 0.1) is 13.2 Å². The minimum atomic E-state index is -0.0749. The summed E-state index contributed by atoms with van der Waals surface area (Å²) in [7, 11) is 0. The fourth-order valence-corrected chi connectivity index (χ4v) is 1.48. The molecular formula is C13H27NO2. The summed E-state index contributed by atoms with van der Waals surface area (Å²) < 4.78 is 5.10. The number of nitrogens with zero attached hydrogens (tertiary/aromatic N) is 1. The second-order valence-corrected chi connectivity index (χ2v) is 4.20. The van der Waals surface area contributed by atoms with Crippen LogP contribution in [0.5, 0.6) is 0 Å². The van der Waals surface area contributed by atoms with Gasteiger partial charge in [0.15, 0.2) is 0 Å². The van der Waals surface area contributed by atoms with E-state index in [-0.39, 0.29) is 5.97 Å². The van der Waals surface area contributed by atoms with Crippen molar-refractivity contribution in [3.05, 3.63) is 0 Å². The molecule has 0 aromatic carbocycles. The number of ether oxygens (including phenoxy) is 1. The lowest BCUT2D eigenvalue weighted by Crippen LogP contribution is -2.32. The van der Waals surface area contributed by atoms with Crippen molar-refractivity contribution in [3.8, 4) is 0 Å². The Kier molecular flexibility index (Phi) is 10.5. The Bertz CT molecular complexity index is 163. The smallest absolute Gasteiger partial charge is 0.320 e. The molecule has 0 unspecified atom stereocenters. The Balaban J connectivity index is 3.82. The topological polar surface area (TPSA) is 29.5 Å². The molecule has 3 heteroatoms. The van der Waals surface area contributed by atoms with Gasteiger partial charge in [-0.15, -0.1) is 0 Å². The number of esters is 1. The van der Waals surface area contributed by atoms with Crippen LogP contribution in [0.4, 0.5) is 0 Å². The summed E-state index contributed by atoms with van der Waals surface area (Å²) in [5.74, 6) is -0.0749. The van der Waals surface area contributed by atoms with E-state index in [0.29, 0.717) is 13.2 Å². The van der Waals surface area contributed by atoms with Gasteiger partial charge in [-0.05, 0) is 32.4 Å². The van der Waals surface area contributed by atoms with Crippen molar-refractivity contribution in [1.82, 2.24) is 4.90 Å². The third-order valence-electron chi connectivity index (χ3n) is 2.48. The highest BCUT2D eigenvalue weighted by Gasteiger charge is 2.10. The van der Waals surface area contributed by atoms with Crippen molar-refractivity contribution in [1.29, 1.82) is 0 Å². The number of unbranched alkanes of at least 4 members (excludes halogenated alkanes) is 2. The average molecular weight is 229 g/mol. The molecule has 16 heavy (non-hydrogen) atoms. The lowest BCUT2D eigenvalue weighted by molar-refractivity contribution is -0.145. The number of carbonyl (C=O) groups excluding carboxylic acids is 1. The first-order valence-corrected chi connectivity index (χ1v) is 6.62. The maximum absolute atomic E-state index is 11.5. The fraction of sp³-hybridized carbons (Fsp3) is 0.923. The first kappa shape index (κ1) is 15.4. The van der Waals surface area contributed by atoms with Crippen molar-refractivity contribution in [2.75, 3.05) is 26.2 Å². The van der Waals surface area contributed by atoms with Crippen LogP contribution in [-0.4, -0.2) is 37.1 Å². The van der Waals surface area contributed by atoms with Crippen molar-refractivity contribution < 1.29 is 9.53 Å². The van der Waals surface area contributed by atoms with Crippen LogP contribution in [0.25, 0.3) is 0 Å². The number of hydrogen-bond acceptors (Lipinski definition) is 3. The molecule has 0 aromatic heterocycles. The third-order valence-corrected chi connectivity index (χ3v) is 2.48. The fourth-order valence-electron chi connectivity index (χ4n) is 1.48. The van der Waals surface area contributed by atoms with Crippen LogP contribution in [0.3, 0.4) is 0 Å². The van der Waals surface area contributed by atoms with Gasteiger partial charge in [-0.25, -0.2) is 0 Å². The molecule has 0 atom stereocenters. The van der Waals surface area contributed by atoms with Gasteiger partial charge in [0.1, 0.15) is 0 Å². The van der Waals surface area contributed by atoms with Crippen LogP contribution in [0.15, 0.2) is 0 Å². The molecule has 96 valence electrons. The predicted molar refractivity (Wildman–Crippen MR) is 67.5 cm³/mol. The van der Waals surface area contributed by atoms with Crippen molar-refractivity contribution in [3.63, 3.8) is 0 Å². The van der Waals surface area contributed by atoms with E-state index in [1.165, 1.54) is 12.8 Å². The molecule has 0 amide bonds. The zero-order chi connectivity index (χ0) is 12.2.